The molecule has 322 valence electrons. The number of fused-ring (bicyclic) bond motifs is 3. The Morgan fingerprint density at radius 2 is 1.14 bits per heavy atom. The van der Waals surface area contributed by atoms with Crippen molar-refractivity contribution in [2.75, 3.05) is 39.3 Å². The number of benzene rings is 2. The van der Waals surface area contributed by atoms with Gasteiger partial charge in [0.05, 0.1) is 25.3 Å². The molecule has 2 aromatic rings. The van der Waals surface area contributed by atoms with E-state index in [2.05, 4.69) is 21.3 Å². The third kappa shape index (κ3) is 16.8. The van der Waals surface area contributed by atoms with Crippen LogP contribution >= 0.6 is 0 Å². The van der Waals surface area contributed by atoms with Crippen LogP contribution in [0.15, 0.2) is 48.5 Å². The maximum atomic E-state index is 13.6. The number of aliphatic hydroxyl groups excluding tert-OH is 2. The molecule has 16 nitrogen and oxygen atoms in total. The van der Waals surface area contributed by atoms with Crippen LogP contribution in [-0.2, 0) is 23.7 Å². The van der Waals surface area contributed by atoms with Crippen molar-refractivity contribution in [3.63, 3.8) is 0 Å². The number of carbonyl (C=O) groups is 5. The van der Waals surface area contributed by atoms with E-state index in [0.717, 1.165) is 27.2 Å². The minimum atomic E-state index is -1.32. The second-order valence-electron chi connectivity index (χ2n) is 17.3. The molecule has 0 saturated heterocycles. The van der Waals surface area contributed by atoms with Crippen LogP contribution in [0.3, 0.4) is 0 Å². The SMILES string of the molecule is CC(C)(C)OC(=O)NCCCC[C@H](NC(=O)OCC1c2ccccc2-c2ccccc21)C(=O)NC[C@@H](O)CN(C[C@H](O)CNC(=O)OC(C)(C)C)C(=O)OC(C)(C)C. The first kappa shape index (κ1) is 47.3. The highest BCUT2D eigenvalue weighted by atomic mass is 16.6. The molecule has 1 aliphatic rings. The number of nitrogens with zero attached hydrogens (tertiary/aromatic N) is 1. The largest absolute Gasteiger partial charge is 0.449 e. The second kappa shape index (κ2) is 21.1. The van der Waals surface area contributed by atoms with Gasteiger partial charge in [0.25, 0.3) is 0 Å². The molecule has 16 heteroatoms. The molecule has 0 spiro atoms. The maximum Gasteiger partial charge on any atom is 0.410 e. The minimum Gasteiger partial charge on any atom is -0.449 e. The topological polar surface area (TPSA) is 214 Å². The van der Waals surface area contributed by atoms with Gasteiger partial charge in [0.1, 0.15) is 29.5 Å². The Bertz CT molecular complexity index is 1650. The molecule has 2 aromatic carbocycles. The Balaban J connectivity index is 1.64. The summed E-state index contributed by atoms with van der Waals surface area (Å²) in [5, 5.41) is 32.1. The van der Waals surface area contributed by atoms with Gasteiger partial charge in [-0.25, -0.2) is 19.2 Å². The maximum absolute atomic E-state index is 13.6. The first-order chi connectivity index (χ1) is 27.0. The lowest BCUT2D eigenvalue weighted by Gasteiger charge is -2.30. The molecule has 0 saturated carbocycles. The lowest BCUT2D eigenvalue weighted by Crippen LogP contribution is -2.51. The van der Waals surface area contributed by atoms with Crippen LogP contribution in [0.1, 0.15) is 98.6 Å². The predicted molar refractivity (Wildman–Crippen MR) is 217 cm³/mol. The Morgan fingerprint density at radius 1 is 0.655 bits per heavy atom. The minimum absolute atomic E-state index is 0.0341. The summed E-state index contributed by atoms with van der Waals surface area (Å²) in [5.74, 6) is -0.808. The van der Waals surface area contributed by atoms with Crippen LogP contribution < -0.4 is 21.3 Å². The standard InChI is InChI=1S/C42H63N5O11/c1-40(2,3)56-36(51)43-21-15-14-20-34(46-38(53)55-26-33-31-18-12-10-16-29(31)30-17-11-13-19-32(30)33)35(50)44-22-27(48)24-47(39(54)58-42(7,8)9)25-28(49)23-45-37(52)57-41(4,5)6/h10-13,16-19,27-28,33-34,48-49H,14-15,20-26H2,1-9H3,(H,43,51)(H,44,50)(H,45,52)(H,46,53)/t27-,28-,34+/m1/s1. The van der Waals surface area contributed by atoms with Crippen LogP contribution in [0.2, 0.25) is 0 Å². The van der Waals surface area contributed by atoms with E-state index in [1.54, 1.807) is 62.3 Å². The number of rotatable bonds is 17. The van der Waals surface area contributed by atoms with Gasteiger partial charge in [0.2, 0.25) is 5.91 Å². The molecule has 0 radical (unpaired) electrons. The Hall–Kier alpha value is -5.09. The summed E-state index contributed by atoms with van der Waals surface area (Å²) in [5.41, 5.74) is 1.89. The summed E-state index contributed by atoms with van der Waals surface area (Å²) >= 11 is 0. The number of aliphatic hydroxyl groups is 2. The molecule has 1 aliphatic carbocycles. The number of ether oxygens (including phenoxy) is 4. The third-order valence-corrected chi connectivity index (χ3v) is 8.45. The van der Waals surface area contributed by atoms with Gasteiger partial charge in [-0.3, -0.25) is 4.79 Å². The zero-order valence-corrected chi connectivity index (χ0v) is 35.3. The lowest BCUT2D eigenvalue weighted by molar-refractivity contribution is -0.123. The first-order valence-corrected chi connectivity index (χ1v) is 19.7. The van der Waals surface area contributed by atoms with E-state index >= 15 is 0 Å². The fourth-order valence-electron chi connectivity index (χ4n) is 6.07. The average molecular weight is 814 g/mol. The molecule has 3 atom stereocenters. The van der Waals surface area contributed by atoms with E-state index in [9.17, 15) is 34.2 Å². The second-order valence-corrected chi connectivity index (χ2v) is 17.3. The molecule has 0 heterocycles. The summed E-state index contributed by atoms with van der Waals surface area (Å²) in [4.78, 5) is 65.1. The quantitative estimate of drug-likeness (QED) is 0.0904. The van der Waals surface area contributed by atoms with Crippen molar-refractivity contribution in [3.8, 4) is 11.1 Å². The number of hydrogen-bond acceptors (Lipinski definition) is 11. The normalized spacial score (nSPS) is 14.1. The van der Waals surface area contributed by atoms with Gasteiger partial charge in [-0.1, -0.05) is 48.5 Å². The summed E-state index contributed by atoms with van der Waals surface area (Å²) in [6.45, 7) is 14.4. The Kier molecular flexibility index (Phi) is 17.2. The average Bonchev–Trinajstić information content (AvgIpc) is 3.42. The van der Waals surface area contributed by atoms with Gasteiger partial charge >= 0.3 is 24.4 Å². The zero-order valence-electron chi connectivity index (χ0n) is 35.3. The highest BCUT2D eigenvalue weighted by molar-refractivity contribution is 5.85. The van der Waals surface area contributed by atoms with Crippen molar-refractivity contribution < 1.29 is 53.1 Å². The monoisotopic (exact) mass is 813 g/mol. The number of hydrogen-bond donors (Lipinski definition) is 6. The number of unbranched alkanes of at least 4 members (excludes halogenated alkanes) is 1. The van der Waals surface area contributed by atoms with E-state index in [4.69, 9.17) is 18.9 Å². The molecule has 6 N–H and O–H groups in total. The highest BCUT2D eigenvalue weighted by Crippen LogP contribution is 2.44. The summed E-state index contributed by atoms with van der Waals surface area (Å²) in [6, 6.07) is 14.8. The van der Waals surface area contributed by atoms with E-state index < -0.39 is 65.3 Å². The van der Waals surface area contributed by atoms with Crippen LogP contribution in [0.5, 0.6) is 0 Å². The molecule has 0 aromatic heterocycles. The third-order valence-electron chi connectivity index (χ3n) is 8.45. The van der Waals surface area contributed by atoms with Crippen molar-refractivity contribution in [1.29, 1.82) is 0 Å². The summed E-state index contributed by atoms with van der Waals surface area (Å²) < 4.78 is 21.6. The van der Waals surface area contributed by atoms with Gasteiger partial charge in [0, 0.05) is 25.6 Å². The first-order valence-electron chi connectivity index (χ1n) is 19.7. The van der Waals surface area contributed by atoms with Gasteiger partial charge in [0.15, 0.2) is 0 Å². The van der Waals surface area contributed by atoms with Crippen molar-refractivity contribution >= 4 is 30.3 Å². The fourth-order valence-corrected chi connectivity index (χ4v) is 6.07. The van der Waals surface area contributed by atoms with E-state index in [-0.39, 0.29) is 51.7 Å². The molecule has 3 rings (SSSR count). The van der Waals surface area contributed by atoms with Crippen molar-refractivity contribution in [2.45, 2.75) is 123 Å². The smallest absolute Gasteiger partial charge is 0.410 e. The fraction of sp³-hybridized carbons (Fsp3) is 0.595. The molecular formula is C42H63N5O11. The van der Waals surface area contributed by atoms with Crippen LogP contribution in [0.4, 0.5) is 19.2 Å². The number of amides is 5. The molecule has 0 aliphatic heterocycles. The summed E-state index contributed by atoms with van der Waals surface area (Å²) in [7, 11) is 0. The van der Waals surface area contributed by atoms with Gasteiger partial charge < -0.3 is 55.3 Å². The van der Waals surface area contributed by atoms with E-state index in [1.165, 1.54) is 0 Å². The zero-order chi connectivity index (χ0) is 43.3. The predicted octanol–water partition coefficient (Wildman–Crippen LogP) is 5.19. The van der Waals surface area contributed by atoms with E-state index in [0.29, 0.717) is 12.8 Å². The highest BCUT2D eigenvalue weighted by Gasteiger charge is 2.31. The molecular weight excluding hydrogens is 750 g/mol. The van der Waals surface area contributed by atoms with Crippen molar-refractivity contribution in [3.05, 3.63) is 59.7 Å². The van der Waals surface area contributed by atoms with Crippen LogP contribution in [0.25, 0.3) is 11.1 Å². The van der Waals surface area contributed by atoms with Crippen LogP contribution in [-0.4, -0.2) is 120 Å². The molecule has 5 amide bonds. The van der Waals surface area contributed by atoms with Gasteiger partial charge in [-0.05, 0) is 104 Å². The van der Waals surface area contributed by atoms with Gasteiger partial charge in [-0.2, -0.15) is 0 Å². The van der Waals surface area contributed by atoms with Crippen molar-refractivity contribution in [2.24, 2.45) is 0 Å². The van der Waals surface area contributed by atoms with Crippen LogP contribution in [0, 0.1) is 0 Å². The lowest BCUT2D eigenvalue weighted by atomic mass is 9.98. The van der Waals surface area contributed by atoms with E-state index in [1.807, 2.05) is 48.5 Å². The summed E-state index contributed by atoms with van der Waals surface area (Å²) in [6.07, 6.45) is -4.48. The Morgan fingerprint density at radius 3 is 1.66 bits per heavy atom. The van der Waals surface area contributed by atoms with Gasteiger partial charge in [-0.15, -0.1) is 0 Å². The number of carbonyl (C=O) groups excluding carboxylic acids is 5. The molecule has 0 unspecified atom stereocenters. The number of nitrogens with one attached hydrogen (secondary N) is 4. The molecule has 58 heavy (non-hydrogen) atoms. The molecule has 0 fully saturated rings. The molecule has 0 bridgehead atoms. The van der Waals surface area contributed by atoms with Crippen molar-refractivity contribution in [1.82, 2.24) is 26.2 Å². The Labute approximate surface area is 341 Å². The number of alkyl carbamates (subject to hydrolysis) is 3.